The van der Waals surface area contributed by atoms with E-state index in [1.807, 2.05) is 24.7 Å². The van der Waals surface area contributed by atoms with E-state index in [1.54, 1.807) is 6.07 Å². The van der Waals surface area contributed by atoms with E-state index in [9.17, 15) is 4.39 Å². The van der Waals surface area contributed by atoms with Gasteiger partial charge in [0.05, 0.1) is 18.1 Å². The van der Waals surface area contributed by atoms with Crippen LogP contribution in [0.25, 0.3) is 0 Å². The van der Waals surface area contributed by atoms with Crippen molar-refractivity contribution in [1.29, 1.82) is 0 Å². The summed E-state index contributed by atoms with van der Waals surface area (Å²) >= 11 is 0. The quantitative estimate of drug-likeness (QED) is 0.819. The second kappa shape index (κ2) is 7.23. The summed E-state index contributed by atoms with van der Waals surface area (Å²) in [5, 5.41) is 0. The summed E-state index contributed by atoms with van der Waals surface area (Å²) < 4.78 is 16.2. The number of aromatic nitrogens is 2. The molecule has 0 N–H and O–H groups in total. The third kappa shape index (κ3) is 3.62. The van der Waals surface area contributed by atoms with Crippen molar-refractivity contribution >= 4 is 0 Å². The summed E-state index contributed by atoms with van der Waals surface area (Å²) in [7, 11) is 0. The van der Waals surface area contributed by atoms with Gasteiger partial charge in [-0.25, -0.2) is 9.37 Å². The predicted molar refractivity (Wildman–Crippen MR) is 89.6 cm³/mol. The molecule has 0 spiro atoms. The van der Waals surface area contributed by atoms with Crippen molar-refractivity contribution in [2.45, 2.75) is 33.0 Å². The van der Waals surface area contributed by atoms with Gasteiger partial charge >= 0.3 is 0 Å². The van der Waals surface area contributed by atoms with Crippen LogP contribution in [0.1, 0.15) is 31.1 Å². The zero-order chi connectivity index (χ0) is 16.2. The Balaban J connectivity index is 1.76. The SMILES string of the molecule is CCN(CC)C[C@@H]1CN(Cc2ccccc2F)Cc2cncn21. The van der Waals surface area contributed by atoms with Crippen LogP contribution in [-0.2, 0) is 13.1 Å². The zero-order valence-corrected chi connectivity index (χ0v) is 14.0. The lowest BCUT2D eigenvalue weighted by Gasteiger charge is -2.36. The van der Waals surface area contributed by atoms with E-state index in [0.717, 1.165) is 38.3 Å². The fourth-order valence-electron chi connectivity index (χ4n) is 3.38. The minimum Gasteiger partial charge on any atom is -0.328 e. The van der Waals surface area contributed by atoms with Crippen molar-refractivity contribution in [1.82, 2.24) is 19.4 Å². The number of likely N-dealkylation sites (N-methyl/N-ethyl adjacent to an activating group) is 1. The van der Waals surface area contributed by atoms with Crippen LogP contribution in [-0.4, -0.2) is 45.5 Å². The summed E-state index contributed by atoms with van der Waals surface area (Å²) in [6.45, 7) is 9.87. The first kappa shape index (κ1) is 16.1. The van der Waals surface area contributed by atoms with Gasteiger partial charge in [0.15, 0.2) is 0 Å². The van der Waals surface area contributed by atoms with E-state index >= 15 is 0 Å². The molecule has 0 saturated heterocycles. The van der Waals surface area contributed by atoms with E-state index in [-0.39, 0.29) is 5.82 Å². The molecule has 0 saturated carbocycles. The molecule has 0 bridgehead atoms. The number of hydrogen-bond donors (Lipinski definition) is 0. The molecule has 1 aromatic carbocycles. The molecule has 1 aliphatic rings. The normalized spacial score (nSPS) is 18.3. The summed E-state index contributed by atoms with van der Waals surface area (Å²) in [5.74, 6) is -0.119. The number of rotatable bonds is 6. The molecule has 5 heteroatoms. The van der Waals surface area contributed by atoms with Crippen LogP contribution in [0.3, 0.4) is 0 Å². The van der Waals surface area contributed by atoms with Crippen LogP contribution < -0.4 is 0 Å². The number of hydrogen-bond acceptors (Lipinski definition) is 3. The van der Waals surface area contributed by atoms with Crippen LogP contribution in [0.4, 0.5) is 4.39 Å². The van der Waals surface area contributed by atoms with Gasteiger partial charge in [0.25, 0.3) is 0 Å². The van der Waals surface area contributed by atoms with Gasteiger partial charge in [0, 0.05) is 37.9 Å². The number of nitrogens with zero attached hydrogens (tertiary/aromatic N) is 4. The molecule has 1 aromatic heterocycles. The molecular formula is C18H25FN4. The van der Waals surface area contributed by atoms with Gasteiger partial charge in [-0.1, -0.05) is 32.0 Å². The maximum absolute atomic E-state index is 13.9. The Morgan fingerprint density at radius 2 is 2.04 bits per heavy atom. The van der Waals surface area contributed by atoms with Crippen molar-refractivity contribution in [2.24, 2.45) is 0 Å². The highest BCUT2D eigenvalue weighted by atomic mass is 19.1. The molecule has 0 unspecified atom stereocenters. The van der Waals surface area contributed by atoms with E-state index in [0.29, 0.717) is 12.6 Å². The molecule has 4 nitrogen and oxygen atoms in total. The van der Waals surface area contributed by atoms with Crippen molar-refractivity contribution < 1.29 is 4.39 Å². The van der Waals surface area contributed by atoms with Crippen LogP contribution >= 0.6 is 0 Å². The topological polar surface area (TPSA) is 24.3 Å². The van der Waals surface area contributed by atoms with E-state index in [2.05, 4.69) is 33.2 Å². The average Bonchev–Trinajstić information content (AvgIpc) is 3.03. The van der Waals surface area contributed by atoms with E-state index < -0.39 is 0 Å². The largest absolute Gasteiger partial charge is 0.328 e. The molecule has 1 aliphatic heterocycles. The van der Waals surface area contributed by atoms with Crippen LogP contribution in [0.5, 0.6) is 0 Å². The van der Waals surface area contributed by atoms with Crippen molar-refractivity contribution in [2.75, 3.05) is 26.2 Å². The molecule has 2 aromatic rings. The minimum absolute atomic E-state index is 0.119. The van der Waals surface area contributed by atoms with Gasteiger partial charge in [-0.3, -0.25) is 4.90 Å². The Labute approximate surface area is 137 Å². The van der Waals surface area contributed by atoms with E-state index in [4.69, 9.17) is 0 Å². The third-order valence-corrected chi connectivity index (χ3v) is 4.71. The fourth-order valence-corrected chi connectivity index (χ4v) is 3.38. The number of fused-ring (bicyclic) bond motifs is 1. The van der Waals surface area contributed by atoms with Gasteiger partial charge in [-0.2, -0.15) is 0 Å². The van der Waals surface area contributed by atoms with Gasteiger partial charge < -0.3 is 9.47 Å². The molecule has 124 valence electrons. The maximum atomic E-state index is 13.9. The number of halogens is 1. The second-order valence-electron chi connectivity index (χ2n) is 6.19. The smallest absolute Gasteiger partial charge is 0.127 e. The monoisotopic (exact) mass is 316 g/mol. The Hall–Kier alpha value is -1.72. The van der Waals surface area contributed by atoms with Crippen LogP contribution in [0, 0.1) is 5.82 Å². The van der Waals surface area contributed by atoms with Gasteiger partial charge in [-0.15, -0.1) is 0 Å². The molecule has 1 atom stereocenters. The van der Waals surface area contributed by atoms with E-state index in [1.165, 1.54) is 11.8 Å². The fraction of sp³-hybridized carbons (Fsp3) is 0.500. The van der Waals surface area contributed by atoms with Crippen molar-refractivity contribution in [3.8, 4) is 0 Å². The Morgan fingerprint density at radius 3 is 2.78 bits per heavy atom. The predicted octanol–water partition coefficient (Wildman–Crippen LogP) is 2.92. The Kier molecular flexibility index (Phi) is 5.08. The lowest BCUT2D eigenvalue weighted by atomic mass is 10.1. The third-order valence-electron chi connectivity index (χ3n) is 4.71. The highest BCUT2D eigenvalue weighted by Crippen LogP contribution is 2.24. The van der Waals surface area contributed by atoms with Gasteiger partial charge in [0.2, 0.25) is 0 Å². The lowest BCUT2D eigenvalue weighted by molar-refractivity contribution is 0.142. The highest BCUT2D eigenvalue weighted by molar-refractivity contribution is 5.17. The molecule has 2 heterocycles. The zero-order valence-electron chi connectivity index (χ0n) is 14.0. The molecule has 0 amide bonds. The standard InChI is InChI=1S/C18H25FN4/c1-3-21(4-2)12-17-13-22(11-16-9-20-14-23(16)17)10-15-7-5-6-8-18(15)19/h5-9,14,17H,3-4,10-13H2,1-2H3/t17-/m1/s1. The van der Waals surface area contributed by atoms with Crippen molar-refractivity contribution in [3.05, 3.63) is 53.9 Å². The molecular weight excluding hydrogens is 291 g/mol. The summed E-state index contributed by atoms with van der Waals surface area (Å²) in [5.41, 5.74) is 1.98. The van der Waals surface area contributed by atoms with Crippen LogP contribution in [0.2, 0.25) is 0 Å². The number of benzene rings is 1. The summed E-state index contributed by atoms with van der Waals surface area (Å²) in [6.07, 6.45) is 3.87. The van der Waals surface area contributed by atoms with Crippen molar-refractivity contribution in [3.63, 3.8) is 0 Å². The summed E-state index contributed by atoms with van der Waals surface area (Å²) in [6, 6.07) is 7.43. The van der Waals surface area contributed by atoms with Gasteiger partial charge in [-0.05, 0) is 19.2 Å². The van der Waals surface area contributed by atoms with Crippen LogP contribution in [0.15, 0.2) is 36.8 Å². The first-order valence-corrected chi connectivity index (χ1v) is 8.40. The average molecular weight is 316 g/mol. The lowest BCUT2D eigenvalue weighted by Crippen LogP contribution is -2.42. The highest BCUT2D eigenvalue weighted by Gasteiger charge is 2.26. The molecule has 0 radical (unpaired) electrons. The Bertz CT molecular complexity index is 635. The number of imidazole rings is 1. The molecule has 0 fully saturated rings. The first-order valence-electron chi connectivity index (χ1n) is 8.40. The minimum atomic E-state index is -0.119. The first-order chi connectivity index (χ1) is 11.2. The van der Waals surface area contributed by atoms with Gasteiger partial charge in [0.1, 0.15) is 5.82 Å². The Morgan fingerprint density at radius 1 is 1.26 bits per heavy atom. The molecule has 0 aliphatic carbocycles. The summed E-state index contributed by atoms with van der Waals surface area (Å²) in [4.78, 5) is 9.07. The maximum Gasteiger partial charge on any atom is 0.127 e. The molecule has 23 heavy (non-hydrogen) atoms. The second-order valence-corrected chi connectivity index (χ2v) is 6.19. The molecule has 3 rings (SSSR count).